The summed E-state index contributed by atoms with van der Waals surface area (Å²) in [5.41, 5.74) is 0. The third-order valence-electron chi connectivity index (χ3n) is 12.7. The largest absolute Gasteiger partial charge is 0.461 e. The van der Waals surface area contributed by atoms with Gasteiger partial charge in [-0.25, -0.2) is 0 Å². The SMILES string of the molecule is CC/C=C\C/C=C\C/C=C\C/C=C\C/C=C\CCCCSC(CC)C(=O)OCC(COC(=O)C(CC)SCCCC/C=C\C/C=C\C/C=C\C/C=C\C/C=C\CC)OC(=O)C(CC)SCCCC/C=C\C/C=C\C/C=C\C/C=C\C/C=C\CC. The van der Waals surface area contributed by atoms with Gasteiger partial charge in [-0.1, -0.05) is 224 Å². The second kappa shape index (κ2) is 66.1. The van der Waals surface area contributed by atoms with E-state index in [1.165, 1.54) is 0 Å². The van der Waals surface area contributed by atoms with Gasteiger partial charge in [0.2, 0.25) is 0 Å². The molecule has 0 aromatic rings. The minimum Gasteiger partial charge on any atom is -0.461 e. The van der Waals surface area contributed by atoms with Crippen molar-refractivity contribution < 1.29 is 28.6 Å². The van der Waals surface area contributed by atoms with Crippen LogP contribution < -0.4 is 0 Å². The number of hydrogen-bond acceptors (Lipinski definition) is 9. The van der Waals surface area contributed by atoms with Crippen LogP contribution in [0.15, 0.2) is 182 Å². The first-order valence-corrected chi connectivity index (χ1v) is 35.7. The minimum absolute atomic E-state index is 0.160. The Labute approximate surface area is 528 Å². The maximum absolute atomic E-state index is 13.7. The summed E-state index contributed by atoms with van der Waals surface area (Å²) in [7, 11) is 0. The molecule has 0 rings (SSSR count). The predicted molar refractivity (Wildman–Crippen MR) is 376 cm³/mol. The summed E-state index contributed by atoms with van der Waals surface area (Å²) in [5.74, 6) is 1.53. The lowest BCUT2D eigenvalue weighted by Crippen LogP contribution is -2.36. The fourth-order valence-corrected chi connectivity index (χ4v) is 11.1. The number of carbonyl (C=O) groups excluding carboxylic acids is 3. The number of unbranched alkanes of at least 4 members (excludes halogenated alkanes) is 6. The lowest BCUT2D eigenvalue weighted by molar-refractivity contribution is -0.166. The van der Waals surface area contributed by atoms with Gasteiger partial charge in [0.15, 0.2) is 6.10 Å². The molecule has 84 heavy (non-hydrogen) atoms. The third kappa shape index (κ3) is 55.4. The topological polar surface area (TPSA) is 78.9 Å². The van der Waals surface area contributed by atoms with E-state index < -0.39 is 6.10 Å². The lowest BCUT2D eigenvalue weighted by atomic mass is 10.2. The second-order valence-corrected chi connectivity index (χ2v) is 24.2. The molecule has 0 bridgehead atoms. The van der Waals surface area contributed by atoms with Crippen LogP contribution in [-0.4, -0.2) is 70.2 Å². The van der Waals surface area contributed by atoms with Gasteiger partial charge < -0.3 is 14.2 Å². The van der Waals surface area contributed by atoms with Gasteiger partial charge in [-0.15, -0.1) is 35.3 Å². The molecule has 0 saturated heterocycles. The molecule has 0 saturated carbocycles. The summed E-state index contributed by atoms with van der Waals surface area (Å²) in [6, 6.07) is 0. The van der Waals surface area contributed by atoms with Crippen molar-refractivity contribution in [3.8, 4) is 0 Å². The molecule has 0 aliphatic carbocycles. The number of allylic oxidation sites excluding steroid dienone is 30. The number of rotatable bonds is 56. The van der Waals surface area contributed by atoms with Crippen molar-refractivity contribution in [3.05, 3.63) is 182 Å². The highest BCUT2D eigenvalue weighted by molar-refractivity contribution is 8.01. The van der Waals surface area contributed by atoms with Crippen molar-refractivity contribution in [1.82, 2.24) is 0 Å². The van der Waals surface area contributed by atoms with Gasteiger partial charge in [0, 0.05) is 0 Å². The molecular weight excluding hydrogens is 1090 g/mol. The van der Waals surface area contributed by atoms with Crippen LogP contribution in [0.25, 0.3) is 0 Å². The van der Waals surface area contributed by atoms with E-state index in [1.54, 1.807) is 35.3 Å². The first-order valence-electron chi connectivity index (χ1n) is 32.5. The Kier molecular flexibility index (Phi) is 62.6. The van der Waals surface area contributed by atoms with Crippen LogP contribution in [0.4, 0.5) is 0 Å². The maximum Gasteiger partial charge on any atom is 0.319 e. The van der Waals surface area contributed by atoms with Crippen LogP contribution in [0, 0.1) is 0 Å². The average Bonchev–Trinajstić information content (AvgIpc) is 3.59. The normalized spacial score (nSPS) is 14.5. The summed E-state index contributed by atoms with van der Waals surface area (Å²) in [4.78, 5) is 40.6. The molecule has 6 nitrogen and oxygen atoms in total. The van der Waals surface area contributed by atoms with Crippen molar-refractivity contribution in [1.29, 1.82) is 0 Å². The summed E-state index contributed by atoms with van der Waals surface area (Å²) >= 11 is 4.84. The molecule has 0 aromatic heterocycles. The molecule has 3 unspecified atom stereocenters. The highest BCUT2D eigenvalue weighted by Crippen LogP contribution is 2.23. The Balaban J connectivity index is 5.14. The lowest BCUT2D eigenvalue weighted by Gasteiger charge is -2.23. The van der Waals surface area contributed by atoms with E-state index in [2.05, 4.69) is 203 Å². The minimum atomic E-state index is -0.896. The van der Waals surface area contributed by atoms with Gasteiger partial charge in [-0.3, -0.25) is 14.4 Å². The number of carbonyl (C=O) groups is 3. The predicted octanol–water partition coefficient (Wildman–Crippen LogP) is 22.3. The van der Waals surface area contributed by atoms with Crippen LogP contribution >= 0.6 is 35.3 Å². The van der Waals surface area contributed by atoms with Gasteiger partial charge in [0.25, 0.3) is 0 Å². The van der Waals surface area contributed by atoms with Crippen molar-refractivity contribution >= 4 is 53.2 Å². The maximum atomic E-state index is 13.7. The van der Waals surface area contributed by atoms with E-state index in [0.29, 0.717) is 19.3 Å². The van der Waals surface area contributed by atoms with E-state index in [-0.39, 0.29) is 46.9 Å². The number of hydrogen-bond donors (Lipinski definition) is 0. The average molecular weight is 1210 g/mol. The van der Waals surface area contributed by atoms with Gasteiger partial charge in [0.05, 0.1) is 0 Å². The van der Waals surface area contributed by atoms with Crippen LogP contribution in [0.2, 0.25) is 0 Å². The second-order valence-electron chi connectivity index (χ2n) is 20.2. The molecule has 9 heteroatoms. The smallest absolute Gasteiger partial charge is 0.319 e. The van der Waals surface area contributed by atoms with Crippen molar-refractivity contribution in [2.75, 3.05) is 30.5 Å². The molecule has 0 radical (unpaired) electrons. The molecular formula is C75H116O6S3. The van der Waals surface area contributed by atoms with Gasteiger partial charge in [-0.2, -0.15) is 0 Å². The molecule has 0 spiro atoms. The van der Waals surface area contributed by atoms with Gasteiger partial charge in [0.1, 0.15) is 29.0 Å². The zero-order chi connectivity index (χ0) is 61.1. The summed E-state index contributed by atoms with van der Waals surface area (Å²) < 4.78 is 17.8. The number of esters is 3. The number of thioether (sulfide) groups is 3. The Morgan fingerprint density at radius 2 is 0.500 bits per heavy atom. The highest BCUT2D eigenvalue weighted by Gasteiger charge is 2.28. The van der Waals surface area contributed by atoms with E-state index >= 15 is 0 Å². The fourth-order valence-electron chi connectivity index (χ4n) is 7.83. The third-order valence-corrected chi connectivity index (χ3v) is 17.1. The monoisotopic (exact) mass is 1210 g/mol. The van der Waals surface area contributed by atoms with E-state index in [0.717, 1.165) is 171 Å². The van der Waals surface area contributed by atoms with E-state index in [1.807, 2.05) is 20.8 Å². The van der Waals surface area contributed by atoms with Gasteiger partial charge in [-0.05, 0) is 191 Å². The van der Waals surface area contributed by atoms with Crippen molar-refractivity contribution in [3.63, 3.8) is 0 Å². The van der Waals surface area contributed by atoms with Crippen molar-refractivity contribution in [2.24, 2.45) is 0 Å². The molecule has 470 valence electrons. The summed E-state index contributed by atoms with van der Waals surface area (Å²) in [6.07, 6.45) is 91.5. The Hall–Kier alpha value is -4.44. The zero-order valence-corrected chi connectivity index (χ0v) is 55.9. The Bertz CT molecular complexity index is 1930. The van der Waals surface area contributed by atoms with E-state index in [9.17, 15) is 14.4 Å². The van der Waals surface area contributed by atoms with Crippen LogP contribution in [-0.2, 0) is 28.6 Å². The first kappa shape index (κ1) is 79.6. The zero-order valence-electron chi connectivity index (χ0n) is 53.4. The molecule has 0 aliphatic rings. The molecule has 0 heterocycles. The molecule has 0 N–H and O–H groups in total. The fraction of sp³-hybridized carbons (Fsp3) is 0.560. The quantitative estimate of drug-likeness (QED) is 0.0256. The van der Waals surface area contributed by atoms with Crippen molar-refractivity contribution in [2.45, 2.75) is 237 Å². The Morgan fingerprint density at radius 3 is 0.726 bits per heavy atom. The van der Waals surface area contributed by atoms with Crippen LogP contribution in [0.5, 0.6) is 0 Å². The summed E-state index contributed by atoms with van der Waals surface area (Å²) in [5, 5.41) is -1.02. The molecule has 0 fully saturated rings. The standard InChI is InChI=1S/C75H116O6S3/c1-7-13-16-19-22-25-28-31-34-37-40-43-46-49-52-55-58-61-64-82-70(10-4)73(76)79-67-69(81-75(78)72(12-6)84-66-63-60-57-54-51-48-45-42-39-36-33-30-27-24-21-18-15-9-3)68-80-74(77)71(11-5)83-65-62-59-56-53-50-47-44-41-38-35-32-29-26-23-20-17-14-8-2/h13-18,22-27,31-36,40-45,49-54,69-72H,7-12,19-21,28-30,37-39,46-48,55-68H2,1-6H3/b16-13-,17-14-,18-15-,25-22-,26-23-,27-24-,34-31-,35-32-,36-33-,43-40-,44-41-,45-42-,52-49-,53-50-,54-51-. The number of ether oxygens (including phenoxy) is 3. The molecule has 0 amide bonds. The van der Waals surface area contributed by atoms with E-state index in [4.69, 9.17) is 14.2 Å². The molecule has 3 atom stereocenters. The van der Waals surface area contributed by atoms with Gasteiger partial charge >= 0.3 is 17.9 Å². The first-order chi connectivity index (χ1) is 41.4. The van der Waals surface area contributed by atoms with Crippen LogP contribution in [0.1, 0.15) is 215 Å². The highest BCUT2D eigenvalue weighted by atomic mass is 32.2. The van der Waals surface area contributed by atoms with Crippen LogP contribution in [0.3, 0.4) is 0 Å². The Morgan fingerprint density at radius 1 is 0.286 bits per heavy atom. The molecule has 0 aliphatic heterocycles. The molecule has 0 aromatic carbocycles. The summed E-state index contributed by atoms with van der Waals surface area (Å²) in [6.45, 7) is 12.1.